The van der Waals surface area contributed by atoms with Crippen LogP contribution in [0.2, 0.25) is 0 Å². The molecule has 1 aromatic carbocycles. The van der Waals surface area contributed by atoms with Gasteiger partial charge in [-0.05, 0) is 49.6 Å². The summed E-state index contributed by atoms with van der Waals surface area (Å²) < 4.78 is 0. The molecule has 21 heavy (non-hydrogen) atoms. The van der Waals surface area contributed by atoms with Gasteiger partial charge in [0.05, 0.1) is 0 Å². The average molecular weight is 291 g/mol. The van der Waals surface area contributed by atoms with Gasteiger partial charge in [0.1, 0.15) is 0 Å². The Kier molecular flexibility index (Phi) is 7.46. The van der Waals surface area contributed by atoms with Gasteiger partial charge in [0.15, 0.2) is 0 Å². The van der Waals surface area contributed by atoms with Crippen LogP contribution >= 0.6 is 0 Å². The number of carbonyl (C=O) groups excluding carboxylic acids is 2. The van der Waals surface area contributed by atoms with Crippen molar-refractivity contribution in [2.24, 2.45) is 11.7 Å². The third kappa shape index (κ3) is 6.90. The molecule has 0 aliphatic rings. The topological polar surface area (TPSA) is 84.2 Å². The zero-order valence-corrected chi connectivity index (χ0v) is 12.8. The molecule has 2 amide bonds. The minimum Gasteiger partial charge on any atom is -0.330 e. The molecule has 5 heteroatoms. The van der Waals surface area contributed by atoms with Crippen molar-refractivity contribution in [3.05, 3.63) is 24.3 Å². The molecule has 0 spiro atoms. The highest BCUT2D eigenvalue weighted by atomic mass is 16.2. The van der Waals surface area contributed by atoms with Crippen LogP contribution in [-0.4, -0.2) is 18.4 Å². The molecule has 0 fully saturated rings. The van der Waals surface area contributed by atoms with E-state index in [2.05, 4.69) is 17.6 Å². The minimum absolute atomic E-state index is 0.0118. The van der Waals surface area contributed by atoms with Gasteiger partial charge in [0, 0.05) is 24.7 Å². The number of hydrogen-bond acceptors (Lipinski definition) is 3. The first kappa shape index (κ1) is 17.2. The van der Waals surface area contributed by atoms with E-state index >= 15 is 0 Å². The summed E-state index contributed by atoms with van der Waals surface area (Å²) in [5, 5.41) is 5.54. The second-order valence-electron chi connectivity index (χ2n) is 5.20. The summed E-state index contributed by atoms with van der Waals surface area (Å²) in [5.74, 6) is 0.415. The van der Waals surface area contributed by atoms with Crippen molar-refractivity contribution < 1.29 is 9.59 Å². The van der Waals surface area contributed by atoms with Gasteiger partial charge in [-0.25, -0.2) is 0 Å². The summed E-state index contributed by atoms with van der Waals surface area (Å²) in [5.41, 5.74) is 7.01. The molecule has 116 valence electrons. The molecule has 0 bridgehead atoms. The molecule has 5 nitrogen and oxygen atoms in total. The molecule has 0 aliphatic carbocycles. The molecular formula is C16H25N3O2. The summed E-state index contributed by atoms with van der Waals surface area (Å²) in [6.45, 7) is 4.25. The quantitative estimate of drug-likeness (QED) is 0.688. The first-order valence-electron chi connectivity index (χ1n) is 7.42. The van der Waals surface area contributed by atoms with E-state index < -0.39 is 0 Å². The highest BCUT2D eigenvalue weighted by Crippen LogP contribution is 2.17. The van der Waals surface area contributed by atoms with E-state index in [0.29, 0.717) is 18.9 Å². The standard InChI is InChI=1S/C16H25N3O2/c1-3-13(10-11-17)4-9-16(21)19-15-7-5-14(6-8-15)18-12(2)20/h5-8,13H,3-4,9-11,17H2,1-2H3,(H,18,20)(H,19,21). The molecule has 0 heterocycles. The van der Waals surface area contributed by atoms with Gasteiger partial charge in [0.2, 0.25) is 11.8 Å². The Labute approximate surface area is 126 Å². The van der Waals surface area contributed by atoms with Crippen molar-refractivity contribution in [3.8, 4) is 0 Å². The summed E-state index contributed by atoms with van der Waals surface area (Å²) in [4.78, 5) is 22.8. The number of hydrogen-bond donors (Lipinski definition) is 3. The number of anilines is 2. The van der Waals surface area contributed by atoms with Crippen molar-refractivity contribution >= 4 is 23.2 Å². The molecule has 0 saturated heterocycles. The Hall–Kier alpha value is -1.88. The van der Waals surface area contributed by atoms with Crippen LogP contribution in [0.5, 0.6) is 0 Å². The van der Waals surface area contributed by atoms with Gasteiger partial charge in [-0.1, -0.05) is 13.3 Å². The van der Waals surface area contributed by atoms with Gasteiger partial charge >= 0.3 is 0 Å². The Morgan fingerprint density at radius 3 is 2.14 bits per heavy atom. The fourth-order valence-electron chi connectivity index (χ4n) is 2.19. The summed E-state index contributed by atoms with van der Waals surface area (Å²) >= 11 is 0. The zero-order valence-electron chi connectivity index (χ0n) is 12.8. The maximum absolute atomic E-state index is 11.9. The highest BCUT2D eigenvalue weighted by molar-refractivity contribution is 5.92. The first-order chi connectivity index (χ1) is 10.0. The molecule has 1 rings (SSSR count). The van der Waals surface area contributed by atoms with E-state index in [-0.39, 0.29) is 11.8 Å². The lowest BCUT2D eigenvalue weighted by atomic mass is 9.96. The van der Waals surface area contributed by atoms with Gasteiger partial charge in [-0.15, -0.1) is 0 Å². The van der Waals surface area contributed by atoms with Gasteiger partial charge in [0.25, 0.3) is 0 Å². The molecule has 1 unspecified atom stereocenters. The van der Waals surface area contributed by atoms with Crippen molar-refractivity contribution in [3.63, 3.8) is 0 Å². The van der Waals surface area contributed by atoms with Crippen LogP contribution in [0.25, 0.3) is 0 Å². The summed E-state index contributed by atoms with van der Waals surface area (Å²) in [7, 11) is 0. The van der Waals surface area contributed by atoms with Crippen LogP contribution in [0.3, 0.4) is 0 Å². The Morgan fingerprint density at radius 2 is 1.67 bits per heavy atom. The number of nitrogens with one attached hydrogen (secondary N) is 2. The van der Waals surface area contributed by atoms with Crippen molar-refractivity contribution in [1.29, 1.82) is 0 Å². The van der Waals surface area contributed by atoms with E-state index in [1.54, 1.807) is 24.3 Å². The van der Waals surface area contributed by atoms with Crippen LogP contribution in [0.4, 0.5) is 11.4 Å². The normalized spacial score (nSPS) is 11.8. The first-order valence-corrected chi connectivity index (χ1v) is 7.42. The van der Waals surface area contributed by atoms with Crippen molar-refractivity contribution in [2.45, 2.75) is 39.5 Å². The monoisotopic (exact) mass is 291 g/mol. The number of benzene rings is 1. The third-order valence-corrected chi connectivity index (χ3v) is 3.42. The van der Waals surface area contributed by atoms with E-state index in [1.807, 2.05) is 0 Å². The minimum atomic E-state index is -0.114. The lowest BCUT2D eigenvalue weighted by molar-refractivity contribution is -0.116. The van der Waals surface area contributed by atoms with Crippen LogP contribution in [0, 0.1) is 5.92 Å². The number of carbonyl (C=O) groups is 2. The van der Waals surface area contributed by atoms with Crippen LogP contribution in [-0.2, 0) is 9.59 Å². The molecule has 0 aliphatic heterocycles. The smallest absolute Gasteiger partial charge is 0.224 e. The fourth-order valence-corrected chi connectivity index (χ4v) is 2.19. The molecular weight excluding hydrogens is 266 g/mol. The van der Waals surface area contributed by atoms with E-state index in [9.17, 15) is 9.59 Å². The van der Waals surface area contributed by atoms with Crippen LogP contribution in [0.15, 0.2) is 24.3 Å². The molecule has 4 N–H and O–H groups in total. The Balaban J connectivity index is 2.42. The lowest BCUT2D eigenvalue weighted by Gasteiger charge is -2.13. The summed E-state index contributed by atoms with van der Waals surface area (Å²) in [6, 6.07) is 7.08. The van der Waals surface area contributed by atoms with E-state index in [1.165, 1.54) is 6.92 Å². The van der Waals surface area contributed by atoms with E-state index in [0.717, 1.165) is 30.6 Å². The van der Waals surface area contributed by atoms with Crippen LogP contribution < -0.4 is 16.4 Å². The SMILES string of the molecule is CCC(CCN)CCC(=O)Nc1ccc(NC(C)=O)cc1. The maximum Gasteiger partial charge on any atom is 0.224 e. The van der Waals surface area contributed by atoms with Gasteiger partial charge < -0.3 is 16.4 Å². The van der Waals surface area contributed by atoms with E-state index in [4.69, 9.17) is 5.73 Å². The molecule has 0 saturated carbocycles. The van der Waals surface area contributed by atoms with Gasteiger partial charge in [-0.2, -0.15) is 0 Å². The predicted molar refractivity (Wildman–Crippen MR) is 86.1 cm³/mol. The Bertz CT molecular complexity index is 457. The zero-order chi connectivity index (χ0) is 15.7. The average Bonchev–Trinajstić information content (AvgIpc) is 2.45. The highest BCUT2D eigenvalue weighted by Gasteiger charge is 2.09. The fraction of sp³-hybridized carbons (Fsp3) is 0.500. The maximum atomic E-state index is 11.9. The number of amides is 2. The van der Waals surface area contributed by atoms with Crippen molar-refractivity contribution in [2.75, 3.05) is 17.2 Å². The largest absolute Gasteiger partial charge is 0.330 e. The van der Waals surface area contributed by atoms with Gasteiger partial charge in [-0.3, -0.25) is 9.59 Å². The predicted octanol–water partition coefficient (Wildman–Crippen LogP) is 2.74. The Morgan fingerprint density at radius 1 is 1.10 bits per heavy atom. The van der Waals surface area contributed by atoms with Crippen molar-refractivity contribution in [1.82, 2.24) is 0 Å². The van der Waals surface area contributed by atoms with Crippen LogP contribution in [0.1, 0.15) is 39.5 Å². The summed E-state index contributed by atoms with van der Waals surface area (Å²) in [6.07, 6.45) is 3.39. The molecule has 0 aromatic heterocycles. The molecule has 1 atom stereocenters. The lowest BCUT2D eigenvalue weighted by Crippen LogP contribution is -2.15. The number of nitrogens with two attached hydrogens (primary N) is 1. The molecule has 1 aromatic rings. The second kappa shape index (κ2) is 9.13. The second-order valence-corrected chi connectivity index (χ2v) is 5.20. The number of rotatable bonds is 8. The third-order valence-electron chi connectivity index (χ3n) is 3.42. The molecule has 0 radical (unpaired) electrons.